The van der Waals surface area contributed by atoms with Crippen molar-refractivity contribution in [3.63, 3.8) is 0 Å². The smallest absolute Gasteiger partial charge is 0.240 e. The van der Waals surface area contributed by atoms with Gasteiger partial charge in [0.15, 0.2) is 0 Å². The molecule has 146 valence electrons. The van der Waals surface area contributed by atoms with Gasteiger partial charge in [-0.3, -0.25) is 4.90 Å². The fraction of sp³-hybridized carbons (Fsp3) is 0.217. The first-order valence-corrected chi connectivity index (χ1v) is 10.8. The van der Waals surface area contributed by atoms with E-state index >= 15 is 0 Å². The number of sulfonamides is 1. The molecule has 28 heavy (non-hydrogen) atoms. The third-order valence-corrected chi connectivity index (χ3v) is 6.58. The quantitative estimate of drug-likeness (QED) is 0.628. The van der Waals surface area contributed by atoms with E-state index in [-0.39, 0.29) is 11.4 Å². The van der Waals surface area contributed by atoms with Crippen LogP contribution in [0.25, 0.3) is 0 Å². The molecule has 0 unspecified atom stereocenters. The first-order chi connectivity index (χ1) is 13.4. The van der Waals surface area contributed by atoms with Crippen LogP contribution in [0, 0.1) is 0 Å². The van der Waals surface area contributed by atoms with Crippen LogP contribution in [0.1, 0.15) is 18.1 Å². The van der Waals surface area contributed by atoms with E-state index in [0.29, 0.717) is 6.54 Å². The molecule has 0 bridgehead atoms. The van der Waals surface area contributed by atoms with Crippen LogP contribution in [0.3, 0.4) is 0 Å². The van der Waals surface area contributed by atoms with Crippen molar-refractivity contribution in [2.45, 2.75) is 23.9 Å². The predicted octanol–water partition coefficient (Wildman–Crippen LogP) is 4.01. The molecule has 0 aliphatic rings. The van der Waals surface area contributed by atoms with Gasteiger partial charge in [0, 0.05) is 13.1 Å². The lowest BCUT2D eigenvalue weighted by Gasteiger charge is -2.39. The summed E-state index contributed by atoms with van der Waals surface area (Å²) in [5.41, 5.74) is 1.72. The summed E-state index contributed by atoms with van der Waals surface area (Å²) in [5.74, 6) is 0. The summed E-state index contributed by atoms with van der Waals surface area (Å²) in [6, 6.07) is 28.7. The zero-order valence-corrected chi connectivity index (χ0v) is 17.1. The molecule has 3 aromatic rings. The van der Waals surface area contributed by atoms with E-state index in [0.717, 1.165) is 5.56 Å². The zero-order valence-electron chi connectivity index (χ0n) is 16.2. The Balaban J connectivity index is 1.87. The van der Waals surface area contributed by atoms with Crippen molar-refractivity contribution in [3.05, 3.63) is 102 Å². The minimum atomic E-state index is -3.58. The summed E-state index contributed by atoms with van der Waals surface area (Å²) in [6.07, 6.45) is 0. The van der Waals surface area contributed by atoms with Crippen molar-refractivity contribution in [1.82, 2.24) is 9.62 Å². The van der Waals surface area contributed by atoms with E-state index in [1.165, 1.54) is 5.56 Å². The molecule has 5 heteroatoms. The molecule has 0 aliphatic heterocycles. The number of nitrogens with zero attached hydrogens (tertiary/aromatic N) is 1. The number of hydrogen-bond donors (Lipinski definition) is 1. The maximum Gasteiger partial charge on any atom is 0.240 e. The van der Waals surface area contributed by atoms with E-state index in [2.05, 4.69) is 28.7 Å². The minimum absolute atomic E-state index is 0.261. The van der Waals surface area contributed by atoms with Crippen molar-refractivity contribution in [3.8, 4) is 0 Å². The van der Waals surface area contributed by atoms with Crippen LogP contribution in [-0.2, 0) is 22.1 Å². The fourth-order valence-corrected chi connectivity index (χ4v) is 4.36. The highest BCUT2D eigenvalue weighted by molar-refractivity contribution is 7.89. The lowest BCUT2D eigenvalue weighted by molar-refractivity contribution is 0.132. The fourth-order valence-electron chi connectivity index (χ4n) is 3.20. The standard InChI is InChI=1S/C23H26N2O2S/c1-23(21-14-8-4-9-15-21,25(2)18-20-12-6-3-7-13-20)19-24-28(26,27)22-16-10-5-11-17-22/h3-17,24H,18-19H2,1-2H3/t23-/m0/s1. The summed E-state index contributed by atoms with van der Waals surface area (Å²) in [7, 11) is -1.56. The second kappa shape index (κ2) is 8.69. The van der Waals surface area contributed by atoms with Crippen molar-refractivity contribution >= 4 is 10.0 Å². The average molecular weight is 395 g/mol. The van der Waals surface area contributed by atoms with Crippen molar-refractivity contribution in [2.24, 2.45) is 0 Å². The zero-order chi connectivity index (χ0) is 20.0. The van der Waals surface area contributed by atoms with Crippen LogP contribution < -0.4 is 4.72 Å². The van der Waals surface area contributed by atoms with Gasteiger partial charge in [-0.05, 0) is 37.2 Å². The molecule has 0 aromatic heterocycles. The maximum atomic E-state index is 12.8. The van der Waals surface area contributed by atoms with E-state index in [9.17, 15) is 8.42 Å². The van der Waals surface area contributed by atoms with E-state index < -0.39 is 15.6 Å². The molecule has 0 fully saturated rings. The van der Waals surface area contributed by atoms with Gasteiger partial charge in [0.05, 0.1) is 10.4 Å². The van der Waals surface area contributed by atoms with E-state index in [4.69, 9.17) is 0 Å². The first-order valence-electron chi connectivity index (χ1n) is 9.27. The van der Waals surface area contributed by atoms with Crippen molar-refractivity contribution in [1.29, 1.82) is 0 Å². The molecule has 0 heterocycles. The van der Waals surface area contributed by atoms with Gasteiger partial charge in [-0.2, -0.15) is 0 Å². The third kappa shape index (κ3) is 4.68. The summed E-state index contributed by atoms with van der Waals surface area (Å²) in [5, 5.41) is 0. The van der Waals surface area contributed by atoms with Gasteiger partial charge in [0.2, 0.25) is 10.0 Å². The Bertz CT molecular complexity index is 977. The monoisotopic (exact) mass is 394 g/mol. The Morgan fingerprint density at radius 1 is 0.821 bits per heavy atom. The van der Waals surface area contributed by atoms with Crippen LogP contribution in [0.4, 0.5) is 0 Å². The van der Waals surface area contributed by atoms with Gasteiger partial charge >= 0.3 is 0 Å². The molecular formula is C23H26N2O2S. The lowest BCUT2D eigenvalue weighted by atomic mass is 9.90. The van der Waals surface area contributed by atoms with Crippen LogP contribution in [0.2, 0.25) is 0 Å². The number of nitrogens with one attached hydrogen (secondary N) is 1. The molecule has 1 atom stereocenters. The second-order valence-corrected chi connectivity index (χ2v) is 8.89. The topological polar surface area (TPSA) is 49.4 Å². The number of hydrogen-bond acceptors (Lipinski definition) is 3. The Hall–Kier alpha value is -2.47. The molecule has 0 saturated carbocycles. The minimum Gasteiger partial charge on any atom is -0.291 e. The molecular weight excluding hydrogens is 368 g/mol. The summed E-state index contributed by atoms with van der Waals surface area (Å²) in [6.45, 7) is 3.04. The summed E-state index contributed by atoms with van der Waals surface area (Å²) >= 11 is 0. The highest BCUT2D eigenvalue weighted by Gasteiger charge is 2.33. The second-order valence-electron chi connectivity index (χ2n) is 7.12. The lowest BCUT2D eigenvalue weighted by Crippen LogP contribution is -2.49. The third-order valence-electron chi connectivity index (χ3n) is 5.16. The van der Waals surface area contributed by atoms with Crippen molar-refractivity contribution < 1.29 is 8.42 Å². The van der Waals surface area contributed by atoms with Crippen LogP contribution in [0.15, 0.2) is 95.9 Å². The molecule has 0 radical (unpaired) electrons. The number of likely N-dealkylation sites (N-methyl/N-ethyl adjacent to an activating group) is 1. The molecule has 3 rings (SSSR count). The highest BCUT2D eigenvalue weighted by Crippen LogP contribution is 2.28. The highest BCUT2D eigenvalue weighted by atomic mass is 32.2. The molecule has 0 amide bonds. The van der Waals surface area contributed by atoms with Gasteiger partial charge in [-0.15, -0.1) is 0 Å². The average Bonchev–Trinajstić information content (AvgIpc) is 2.74. The van der Waals surface area contributed by atoms with Gasteiger partial charge in [0.1, 0.15) is 0 Å². The summed E-state index contributed by atoms with van der Waals surface area (Å²) in [4.78, 5) is 2.46. The van der Waals surface area contributed by atoms with Crippen LogP contribution in [-0.4, -0.2) is 26.9 Å². The maximum absolute atomic E-state index is 12.8. The normalized spacial score (nSPS) is 14.0. The Kier molecular flexibility index (Phi) is 6.29. The molecule has 0 aliphatic carbocycles. The van der Waals surface area contributed by atoms with Gasteiger partial charge in [-0.25, -0.2) is 13.1 Å². The molecule has 1 N–H and O–H groups in total. The first kappa shape index (κ1) is 20.3. The van der Waals surface area contributed by atoms with Gasteiger partial charge < -0.3 is 0 Å². The Labute approximate surface area is 167 Å². The van der Waals surface area contributed by atoms with Gasteiger partial charge in [-0.1, -0.05) is 78.9 Å². The largest absolute Gasteiger partial charge is 0.291 e. The Morgan fingerprint density at radius 2 is 1.32 bits per heavy atom. The molecule has 4 nitrogen and oxygen atoms in total. The van der Waals surface area contributed by atoms with Crippen LogP contribution in [0.5, 0.6) is 0 Å². The summed E-state index contributed by atoms with van der Waals surface area (Å²) < 4.78 is 28.3. The predicted molar refractivity (Wildman–Crippen MR) is 113 cm³/mol. The number of rotatable bonds is 8. The molecule has 0 saturated heterocycles. The SMILES string of the molecule is CN(Cc1ccccc1)[C@@](C)(CNS(=O)(=O)c1ccccc1)c1ccccc1. The number of benzene rings is 3. The van der Waals surface area contributed by atoms with E-state index in [1.807, 2.05) is 55.6 Å². The van der Waals surface area contributed by atoms with Crippen LogP contribution >= 0.6 is 0 Å². The van der Waals surface area contributed by atoms with Gasteiger partial charge in [0.25, 0.3) is 0 Å². The van der Waals surface area contributed by atoms with E-state index in [1.54, 1.807) is 30.3 Å². The molecule has 3 aromatic carbocycles. The van der Waals surface area contributed by atoms with Crippen molar-refractivity contribution in [2.75, 3.05) is 13.6 Å². The molecule has 0 spiro atoms. The Morgan fingerprint density at radius 3 is 1.89 bits per heavy atom.